The van der Waals surface area contributed by atoms with Crippen molar-refractivity contribution in [1.29, 1.82) is 0 Å². The van der Waals surface area contributed by atoms with Crippen LogP contribution in [0.2, 0.25) is 0 Å². The molecule has 1 aliphatic heterocycles. The zero-order valence-corrected chi connectivity index (χ0v) is 23.7. The van der Waals surface area contributed by atoms with Crippen molar-refractivity contribution in [3.05, 3.63) is 0 Å². The predicted molar refractivity (Wildman–Crippen MR) is 144 cm³/mol. The molecule has 0 aromatic carbocycles. The van der Waals surface area contributed by atoms with Gasteiger partial charge in [-0.25, -0.2) is 0 Å². The number of aliphatic carboxylic acids is 1. The van der Waals surface area contributed by atoms with Crippen molar-refractivity contribution in [1.82, 2.24) is 10.6 Å². The van der Waals surface area contributed by atoms with Crippen LogP contribution in [0.3, 0.4) is 0 Å². The van der Waals surface area contributed by atoms with Crippen LogP contribution in [0.5, 0.6) is 0 Å². The largest absolute Gasteiger partial charge is 0.481 e. The minimum Gasteiger partial charge on any atom is -0.481 e. The Bertz CT molecular complexity index is 716. The van der Waals surface area contributed by atoms with E-state index in [1.807, 2.05) is 18.8 Å². The van der Waals surface area contributed by atoms with Crippen LogP contribution in [0.25, 0.3) is 0 Å². The number of carboxylic acid groups (broad SMARTS) is 1. The Labute approximate surface area is 234 Å². The highest BCUT2D eigenvalue weighted by Gasteiger charge is 2.32. The van der Waals surface area contributed by atoms with Crippen LogP contribution in [0.4, 0.5) is 0 Å². The van der Waals surface area contributed by atoms with Crippen LogP contribution in [0, 0.1) is 0 Å². The highest BCUT2D eigenvalue weighted by molar-refractivity contribution is 8.00. The van der Waals surface area contributed by atoms with E-state index in [1.165, 1.54) is 0 Å². The van der Waals surface area contributed by atoms with Crippen LogP contribution in [-0.4, -0.2) is 118 Å². The smallest absolute Gasteiger partial charge is 0.306 e. The summed E-state index contributed by atoms with van der Waals surface area (Å²) in [7, 11) is 1.95. The third kappa shape index (κ3) is 18.9. The fourth-order valence-corrected chi connectivity index (χ4v) is 5.27. The fraction of sp³-hybridized carbons (Fsp3) is 0.840. The van der Waals surface area contributed by atoms with Crippen molar-refractivity contribution < 1.29 is 48.0 Å². The van der Waals surface area contributed by atoms with Gasteiger partial charge in [0, 0.05) is 36.1 Å². The normalized spacial score (nSPS) is 18.6. The molecule has 0 aromatic heterocycles. The van der Waals surface area contributed by atoms with E-state index in [0.29, 0.717) is 57.3 Å². The monoisotopic (exact) mass is 579 g/mol. The lowest BCUT2D eigenvalue weighted by Crippen LogP contribution is -2.45. The van der Waals surface area contributed by atoms with Crippen LogP contribution < -0.4 is 16.4 Å². The average Bonchev–Trinajstić information content (AvgIpc) is 3.26. The molecule has 0 saturated carbocycles. The summed E-state index contributed by atoms with van der Waals surface area (Å²) in [5.74, 6) is -1.26. The van der Waals surface area contributed by atoms with Crippen LogP contribution in [-0.2, 0) is 42.9 Å². The van der Waals surface area contributed by atoms with Gasteiger partial charge in [-0.2, -0.15) is 11.8 Å². The zero-order valence-electron chi connectivity index (χ0n) is 22.9. The summed E-state index contributed by atoms with van der Waals surface area (Å²) in [4.78, 5) is 45.1. The minimum absolute atomic E-state index is 0.0362. The molecular weight excluding hydrogens is 534 g/mol. The molecular formula is C25H45N3O10S. The molecule has 1 fully saturated rings. The van der Waals surface area contributed by atoms with Crippen LogP contribution in [0.15, 0.2) is 0 Å². The summed E-state index contributed by atoms with van der Waals surface area (Å²) in [6.45, 7) is 2.37. The first-order valence-electron chi connectivity index (χ1n) is 13.4. The second-order valence-electron chi connectivity index (χ2n) is 8.87. The Balaban J connectivity index is 1.81. The number of thioether (sulfide) groups is 1. The Hall–Kier alpha value is -1.97. The quantitative estimate of drug-likeness (QED) is 0.0891. The topological polar surface area (TPSA) is 185 Å². The second-order valence-corrected chi connectivity index (χ2v) is 10.1. The second kappa shape index (κ2) is 22.8. The number of ether oxygens (including phenoxy) is 5. The molecule has 1 rings (SSSR count). The highest BCUT2D eigenvalue weighted by atomic mass is 32.2. The summed E-state index contributed by atoms with van der Waals surface area (Å²) in [6.07, 6.45) is 2.86. The maximum Gasteiger partial charge on any atom is 0.306 e. The number of hydrogen-bond acceptors (Lipinski definition) is 12. The lowest BCUT2D eigenvalue weighted by Gasteiger charge is -2.20. The lowest BCUT2D eigenvalue weighted by atomic mass is 10.0. The van der Waals surface area contributed by atoms with Gasteiger partial charge in [0.2, 0.25) is 5.91 Å². The molecule has 226 valence electrons. The molecule has 0 spiro atoms. The SMILES string of the molecule is CN[C@@H]1[C@H](N)CS[C@@H]1CCCCC(=O)NCCOCCOCCOCCOC(=O)CCC(=O)OCCC(=O)O. The van der Waals surface area contributed by atoms with Crippen molar-refractivity contribution in [2.45, 2.75) is 62.3 Å². The van der Waals surface area contributed by atoms with E-state index >= 15 is 0 Å². The molecule has 1 heterocycles. The number of rotatable bonds is 24. The molecule has 1 saturated heterocycles. The first-order valence-corrected chi connectivity index (χ1v) is 14.5. The van der Waals surface area contributed by atoms with Gasteiger partial charge >= 0.3 is 17.9 Å². The Morgan fingerprint density at radius 2 is 1.41 bits per heavy atom. The number of unbranched alkanes of at least 4 members (excludes halogenated alkanes) is 1. The molecule has 14 heteroatoms. The number of esters is 2. The lowest BCUT2D eigenvalue weighted by molar-refractivity contribution is -0.152. The van der Waals surface area contributed by atoms with Gasteiger partial charge in [0.25, 0.3) is 0 Å². The number of carbonyl (C=O) groups is 4. The van der Waals surface area contributed by atoms with Crippen molar-refractivity contribution in [2.24, 2.45) is 5.73 Å². The fourth-order valence-electron chi connectivity index (χ4n) is 3.72. The predicted octanol–water partition coefficient (Wildman–Crippen LogP) is 0.0848. The van der Waals surface area contributed by atoms with Gasteiger partial charge in [0.15, 0.2) is 0 Å². The van der Waals surface area contributed by atoms with Gasteiger partial charge < -0.3 is 45.2 Å². The van der Waals surface area contributed by atoms with Gasteiger partial charge in [0.1, 0.15) is 13.2 Å². The van der Waals surface area contributed by atoms with Crippen molar-refractivity contribution >= 4 is 35.6 Å². The Kier molecular flexibility index (Phi) is 20.5. The molecule has 0 aromatic rings. The van der Waals surface area contributed by atoms with E-state index in [9.17, 15) is 19.2 Å². The van der Waals surface area contributed by atoms with Gasteiger partial charge in [-0.05, 0) is 19.9 Å². The highest BCUT2D eigenvalue weighted by Crippen LogP contribution is 2.30. The third-order valence-electron chi connectivity index (χ3n) is 5.76. The number of nitrogens with two attached hydrogens (primary N) is 1. The summed E-state index contributed by atoms with van der Waals surface area (Å²) < 4.78 is 25.7. The van der Waals surface area contributed by atoms with Crippen LogP contribution in [0.1, 0.15) is 44.9 Å². The summed E-state index contributed by atoms with van der Waals surface area (Å²) >= 11 is 1.92. The molecule has 39 heavy (non-hydrogen) atoms. The summed E-state index contributed by atoms with van der Waals surface area (Å²) in [5, 5.41) is 15.1. The maximum atomic E-state index is 11.9. The zero-order chi connectivity index (χ0) is 28.7. The summed E-state index contributed by atoms with van der Waals surface area (Å²) in [6, 6.07) is 0.558. The number of carbonyl (C=O) groups excluding carboxylic acids is 3. The van der Waals surface area contributed by atoms with E-state index in [2.05, 4.69) is 15.4 Å². The number of hydrogen-bond donors (Lipinski definition) is 4. The van der Waals surface area contributed by atoms with Gasteiger partial charge in [-0.3, -0.25) is 19.2 Å². The van der Waals surface area contributed by atoms with Crippen molar-refractivity contribution in [2.75, 3.05) is 72.2 Å². The van der Waals surface area contributed by atoms with Crippen LogP contribution >= 0.6 is 11.8 Å². The van der Waals surface area contributed by atoms with E-state index in [4.69, 9.17) is 29.8 Å². The van der Waals surface area contributed by atoms with E-state index in [-0.39, 0.29) is 51.0 Å². The third-order valence-corrected chi connectivity index (χ3v) is 7.29. The Morgan fingerprint density at radius 1 is 0.821 bits per heavy atom. The van der Waals surface area contributed by atoms with Gasteiger partial charge in [0.05, 0.1) is 58.9 Å². The number of nitrogens with one attached hydrogen (secondary N) is 2. The molecule has 0 bridgehead atoms. The standard InChI is InChI=1S/C25H45N3O10S/c1-27-25-19(26)18-39-20(25)4-2-3-5-21(29)28-9-11-34-12-13-35-14-15-36-16-17-38-24(33)7-6-23(32)37-10-8-22(30)31/h19-20,25,27H,2-18,26H2,1H3,(H,28,29)(H,30,31)/t19-,20-,25-/m1/s1. The summed E-state index contributed by atoms with van der Waals surface area (Å²) in [5.41, 5.74) is 6.10. The van der Waals surface area contributed by atoms with E-state index in [1.54, 1.807) is 0 Å². The average molecular weight is 580 g/mol. The van der Waals surface area contributed by atoms with E-state index < -0.39 is 17.9 Å². The van der Waals surface area contributed by atoms with E-state index in [0.717, 1.165) is 25.0 Å². The molecule has 1 amide bonds. The van der Waals surface area contributed by atoms with Gasteiger partial charge in [-0.15, -0.1) is 0 Å². The Morgan fingerprint density at radius 3 is 2.03 bits per heavy atom. The number of likely N-dealkylation sites (N-methyl/N-ethyl adjacent to an activating group) is 1. The van der Waals surface area contributed by atoms with Crippen molar-refractivity contribution in [3.63, 3.8) is 0 Å². The number of amides is 1. The molecule has 1 aliphatic rings. The first kappa shape index (κ1) is 35.1. The molecule has 13 nitrogen and oxygen atoms in total. The molecule has 5 N–H and O–H groups in total. The van der Waals surface area contributed by atoms with Crippen molar-refractivity contribution in [3.8, 4) is 0 Å². The molecule has 3 atom stereocenters. The molecule has 0 unspecified atom stereocenters. The minimum atomic E-state index is -1.07. The maximum absolute atomic E-state index is 11.9. The number of carboxylic acids is 1. The molecule has 0 radical (unpaired) electrons. The van der Waals surface area contributed by atoms with Gasteiger partial charge in [-0.1, -0.05) is 6.42 Å². The first-order chi connectivity index (χ1) is 18.8. The molecule has 0 aliphatic carbocycles.